The van der Waals surface area contributed by atoms with E-state index in [9.17, 15) is 4.79 Å². The summed E-state index contributed by atoms with van der Waals surface area (Å²) in [5.74, 6) is 0. The zero-order valence-electron chi connectivity index (χ0n) is 13.2. The van der Waals surface area contributed by atoms with Gasteiger partial charge >= 0.3 is 6.03 Å². The average molecular weight is 315 g/mol. The normalized spacial score (nSPS) is 14.2. The van der Waals surface area contributed by atoms with Crippen LogP contribution < -0.4 is 5.32 Å². The van der Waals surface area contributed by atoms with Crippen molar-refractivity contribution in [2.24, 2.45) is 0 Å². The van der Waals surface area contributed by atoms with E-state index in [2.05, 4.69) is 21.5 Å². The fourth-order valence-electron chi connectivity index (χ4n) is 2.67. The molecule has 0 unspecified atom stereocenters. The van der Waals surface area contributed by atoms with Crippen LogP contribution in [0, 0.1) is 0 Å². The lowest BCUT2D eigenvalue weighted by atomic mass is 10.2. The Balaban J connectivity index is 1.72. The van der Waals surface area contributed by atoms with E-state index in [0.29, 0.717) is 19.7 Å². The van der Waals surface area contributed by atoms with Crippen LogP contribution >= 0.6 is 0 Å². The lowest BCUT2D eigenvalue weighted by Gasteiger charge is -2.20. The minimum Gasteiger partial charge on any atom is -0.383 e. The number of ether oxygens (including phenoxy) is 1. The Kier molecular flexibility index (Phi) is 4.87. The summed E-state index contributed by atoms with van der Waals surface area (Å²) in [6.07, 6.45) is 4.41. The van der Waals surface area contributed by atoms with Gasteiger partial charge in [-0.15, -0.1) is 0 Å². The van der Waals surface area contributed by atoms with Crippen LogP contribution in [-0.4, -0.2) is 52.5 Å². The second kappa shape index (κ2) is 7.23. The first-order valence-corrected chi connectivity index (χ1v) is 7.77. The van der Waals surface area contributed by atoms with Crippen molar-refractivity contribution in [3.05, 3.63) is 36.3 Å². The molecular formula is C16H21N5O2. The Morgan fingerprint density at radius 2 is 2.17 bits per heavy atom. The maximum Gasteiger partial charge on any atom is 0.317 e. The predicted octanol–water partition coefficient (Wildman–Crippen LogP) is 1.51. The molecule has 1 aliphatic heterocycles. The van der Waals surface area contributed by atoms with E-state index in [0.717, 1.165) is 36.5 Å². The number of pyridine rings is 1. The van der Waals surface area contributed by atoms with Crippen LogP contribution in [0.5, 0.6) is 0 Å². The molecule has 2 amide bonds. The number of fused-ring (bicyclic) bond motifs is 1. The molecule has 0 aliphatic carbocycles. The molecule has 7 heteroatoms. The van der Waals surface area contributed by atoms with E-state index in [1.165, 1.54) is 0 Å². The van der Waals surface area contributed by atoms with Gasteiger partial charge in [-0.1, -0.05) is 0 Å². The van der Waals surface area contributed by atoms with E-state index >= 15 is 0 Å². The van der Waals surface area contributed by atoms with Gasteiger partial charge in [0.2, 0.25) is 0 Å². The number of carbonyl (C=O) groups is 1. The van der Waals surface area contributed by atoms with Gasteiger partial charge in [0.15, 0.2) is 0 Å². The smallest absolute Gasteiger partial charge is 0.317 e. The van der Waals surface area contributed by atoms with Gasteiger partial charge in [-0.2, -0.15) is 5.10 Å². The van der Waals surface area contributed by atoms with E-state index in [1.54, 1.807) is 19.5 Å². The Labute approximate surface area is 135 Å². The van der Waals surface area contributed by atoms with Crippen molar-refractivity contribution in [2.45, 2.75) is 19.5 Å². The monoisotopic (exact) mass is 315 g/mol. The summed E-state index contributed by atoms with van der Waals surface area (Å²) in [7, 11) is 1.62. The molecule has 1 aliphatic rings. The van der Waals surface area contributed by atoms with Crippen molar-refractivity contribution in [3.63, 3.8) is 0 Å². The van der Waals surface area contributed by atoms with Crippen LogP contribution in [0.2, 0.25) is 0 Å². The Morgan fingerprint density at radius 3 is 2.96 bits per heavy atom. The molecule has 2 aromatic heterocycles. The molecule has 23 heavy (non-hydrogen) atoms. The molecule has 2 aromatic rings. The summed E-state index contributed by atoms with van der Waals surface area (Å²) in [6, 6.07) is 5.88. The van der Waals surface area contributed by atoms with E-state index in [4.69, 9.17) is 4.74 Å². The molecule has 0 fully saturated rings. The largest absolute Gasteiger partial charge is 0.383 e. The third kappa shape index (κ3) is 3.68. The average Bonchev–Trinajstić information content (AvgIpc) is 2.87. The minimum absolute atomic E-state index is 0.0536. The highest BCUT2D eigenvalue weighted by molar-refractivity contribution is 5.74. The molecule has 0 radical (unpaired) electrons. The standard InChI is InChI=1S/C16H21N5O2/c1-23-10-7-18-16(22)20-8-2-9-21-14(12-20)11-15(19-21)13-3-5-17-6-4-13/h3-6,11H,2,7-10,12H2,1H3,(H,18,22). The Morgan fingerprint density at radius 1 is 1.35 bits per heavy atom. The summed E-state index contributed by atoms with van der Waals surface area (Å²) >= 11 is 0. The summed E-state index contributed by atoms with van der Waals surface area (Å²) in [6.45, 7) is 3.16. The van der Waals surface area contributed by atoms with Gasteiger partial charge in [-0.3, -0.25) is 9.67 Å². The number of hydrogen-bond acceptors (Lipinski definition) is 4. The Bertz CT molecular complexity index is 656. The van der Waals surface area contributed by atoms with Gasteiger partial charge in [0.1, 0.15) is 0 Å². The van der Waals surface area contributed by atoms with E-state index in [-0.39, 0.29) is 6.03 Å². The first-order chi connectivity index (χ1) is 11.3. The van der Waals surface area contributed by atoms with E-state index < -0.39 is 0 Å². The number of nitrogens with one attached hydrogen (secondary N) is 1. The molecule has 0 aromatic carbocycles. The Hall–Kier alpha value is -2.41. The molecule has 1 N–H and O–H groups in total. The molecule has 0 atom stereocenters. The zero-order chi connectivity index (χ0) is 16.1. The maximum atomic E-state index is 12.2. The molecule has 0 saturated carbocycles. The number of nitrogens with zero attached hydrogens (tertiary/aromatic N) is 4. The third-order valence-electron chi connectivity index (χ3n) is 3.86. The summed E-state index contributed by atoms with van der Waals surface area (Å²) in [5, 5.41) is 7.54. The van der Waals surface area contributed by atoms with Crippen molar-refractivity contribution < 1.29 is 9.53 Å². The number of carbonyl (C=O) groups excluding carboxylic acids is 1. The molecule has 0 bridgehead atoms. The number of amides is 2. The number of aromatic nitrogens is 3. The van der Waals surface area contributed by atoms with Crippen LogP contribution in [-0.2, 0) is 17.8 Å². The minimum atomic E-state index is -0.0536. The van der Waals surface area contributed by atoms with Crippen LogP contribution in [0.25, 0.3) is 11.3 Å². The maximum absolute atomic E-state index is 12.2. The number of methoxy groups -OCH3 is 1. The highest BCUT2D eigenvalue weighted by Crippen LogP contribution is 2.21. The predicted molar refractivity (Wildman–Crippen MR) is 85.8 cm³/mol. The second-order valence-electron chi connectivity index (χ2n) is 5.48. The topological polar surface area (TPSA) is 72.3 Å². The number of aryl methyl sites for hydroxylation is 1. The lowest BCUT2D eigenvalue weighted by molar-refractivity contribution is 0.178. The first-order valence-electron chi connectivity index (χ1n) is 7.77. The van der Waals surface area contributed by atoms with Gasteiger partial charge in [0.25, 0.3) is 0 Å². The zero-order valence-corrected chi connectivity index (χ0v) is 13.2. The van der Waals surface area contributed by atoms with Gasteiger partial charge in [-0.05, 0) is 24.6 Å². The van der Waals surface area contributed by atoms with Crippen molar-refractivity contribution in [1.29, 1.82) is 0 Å². The van der Waals surface area contributed by atoms with Crippen molar-refractivity contribution >= 4 is 6.03 Å². The van der Waals surface area contributed by atoms with Gasteiger partial charge in [-0.25, -0.2) is 4.79 Å². The fourth-order valence-corrected chi connectivity index (χ4v) is 2.67. The van der Waals surface area contributed by atoms with Gasteiger partial charge in [0.05, 0.1) is 24.5 Å². The first kappa shape index (κ1) is 15.5. The number of hydrogen-bond donors (Lipinski definition) is 1. The second-order valence-corrected chi connectivity index (χ2v) is 5.48. The quantitative estimate of drug-likeness (QED) is 0.868. The van der Waals surface area contributed by atoms with Gasteiger partial charge in [0, 0.05) is 44.7 Å². The third-order valence-corrected chi connectivity index (χ3v) is 3.86. The SMILES string of the molecule is COCCNC(=O)N1CCCn2nc(-c3ccncc3)cc2C1. The van der Waals surface area contributed by atoms with Crippen molar-refractivity contribution in [2.75, 3.05) is 26.8 Å². The number of rotatable bonds is 4. The summed E-state index contributed by atoms with van der Waals surface area (Å²) < 4.78 is 6.96. The van der Waals surface area contributed by atoms with Gasteiger partial charge < -0.3 is 15.0 Å². The van der Waals surface area contributed by atoms with Crippen molar-refractivity contribution in [3.8, 4) is 11.3 Å². The number of urea groups is 1. The van der Waals surface area contributed by atoms with Crippen LogP contribution in [0.15, 0.2) is 30.6 Å². The summed E-state index contributed by atoms with van der Waals surface area (Å²) in [5.41, 5.74) is 3.01. The highest BCUT2D eigenvalue weighted by Gasteiger charge is 2.20. The fraction of sp³-hybridized carbons (Fsp3) is 0.438. The van der Waals surface area contributed by atoms with E-state index in [1.807, 2.05) is 21.7 Å². The molecule has 3 rings (SSSR count). The molecule has 3 heterocycles. The summed E-state index contributed by atoms with van der Waals surface area (Å²) in [4.78, 5) is 18.1. The van der Waals surface area contributed by atoms with Crippen LogP contribution in [0.4, 0.5) is 4.79 Å². The molecule has 7 nitrogen and oxygen atoms in total. The highest BCUT2D eigenvalue weighted by atomic mass is 16.5. The molecule has 0 saturated heterocycles. The molecular weight excluding hydrogens is 294 g/mol. The van der Waals surface area contributed by atoms with Crippen LogP contribution in [0.1, 0.15) is 12.1 Å². The molecule has 0 spiro atoms. The molecule has 122 valence electrons. The van der Waals surface area contributed by atoms with Crippen LogP contribution in [0.3, 0.4) is 0 Å². The lowest BCUT2D eigenvalue weighted by Crippen LogP contribution is -2.40. The van der Waals surface area contributed by atoms with Crippen molar-refractivity contribution in [1.82, 2.24) is 25.0 Å².